The van der Waals surface area contributed by atoms with Crippen LogP contribution in [0.15, 0.2) is 17.2 Å². The number of anilines is 1. The molecule has 0 bridgehead atoms. The van der Waals surface area contributed by atoms with Gasteiger partial charge in [-0.3, -0.25) is 4.79 Å². The Balaban J connectivity index is 2.13. The fourth-order valence-electron chi connectivity index (χ4n) is 1.76. The zero-order chi connectivity index (χ0) is 9.97. The summed E-state index contributed by atoms with van der Waals surface area (Å²) in [5.74, 6) is 1.29. The number of aromatic amines is 1. The third-order valence-corrected chi connectivity index (χ3v) is 2.61. The van der Waals surface area contributed by atoms with Gasteiger partial charge in [0.25, 0.3) is 5.56 Å². The fraction of sp³-hybridized carbons (Fsp3) is 0.556. The summed E-state index contributed by atoms with van der Waals surface area (Å²) >= 11 is 0. The van der Waals surface area contributed by atoms with Gasteiger partial charge < -0.3 is 15.6 Å². The molecular formula is C9H14N4O. The van der Waals surface area contributed by atoms with Crippen molar-refractivity contribution in [1.82, 2.24) is 9.97 Å². The van der Waals surface area contributed by atoms with Gasteiger partial charge >= 0.3 is 0 Å². The highest BCUT2D eigenvalue weighted by Crippen LogP contribution is 2.19. The smallest absolute Gasteiger partial charge is 0.252 e. The van der Waals surface area contributed by atoms with Crippen molar-refractivity contribution in [1.29, 1.82) is 0 Å². The van der Waals surface area contributed by atoms with Crippen LogP contribution in [0.3, 0.4) is 0 Å². The average Bonchev–Trinajstić information content (AvgIpc) is 2.66. The molecule has 1 atom stereocenters. The maximum absolute atomic E-state index is 11.1. The number of nitrogens with two attached hydrogens (primary N) is 1. The van der Waals surface area contributed by atoms with Gasteiger partial charge in [0.1, 0.15) is 5.82 Å². The van der Waals surface area contributed by atoms with Crippen LogP contribution in [-0.4, -0.2) is 29.6 Å². The van der Waals surface area contributed by atoms with E-state index >= 15 is 0 Å². The number of hydrogen-bond donors (Lipinski definition) is 2. The van der Waals surface area contributed by atoms with Gasteiger partial charge in [-0.1, -0.05) is 0 Å². The quantitative estimate of drug-likeness (QED) is 0.669. The lowest BCUT2D eigenvalue weighted by Gasteiger charge is -2.16. The van der Waals surface area contributed by atoms with Gasteiger partial charge in [0.2, 0.25) is 0 Å². The average molecular weight is 194 g/mol. The summed E-state index contributed by atoms with van der Waals surface area (Å²) in [7, 11) is 0. The standard InChI is InChI=1S/C9H14N4O/c10-4-7-1-2-13(5-7)8-3-9(14)12-6-11-8/h3,6-7H,1-2,4-5,10H2,(H,11,12,14). The monoisotopic (exact) mass is 194 g/mol. The largest absolute Gasteiger partial charge is 0.356 e. The zero-order valence-corrected chi connectivity index (χ0v) is 7.94. The summed E-state index contributed by atoms with van der Waals surface area (Å²) in [5, 5.41) is 0. The first-order chi connectivity index (χ1) is 6.79. The summed E-state index contributed by atoms with van der Waals surface area (Å²) < 4.78 is 0. The van der Waals surface area contributed by atoms with Crippen LogP contribution in [0.5, 0.6) is 0 Å². The molecule has 1 aliphatic heterocycles. The van der Waals surface area contributed by atoms with Crippen LogP contribution in [0.25, 0.3) is 0 Å². The highest BCUT2D eigenvalue weighted by atomic mass is 16.1. The maximum atomic E-state index is 11.1. The minimum Gasteiger partial charge on any atom is -0.356 e. The van der Waals surface area contributed by atoms with Crippen molar-refractivity contribution in [2.45, 2.75) is 6.42 Å². The zero-order valence-electron chi connectivity index (χ0n) is 7.94. The molecule has 0 aliphatic carbocycles. The second-order valence-electron chi connectivity index (χ2n) is 3.61. The van der Waals surface area contributed by atoms with Gasteiger partial charge in [0, 0.05) is 19.2 Å². The Morgan fingerprint density at radius 2 is 2.57 bits per heavy atom. The normalized spacial score (nSPS) is 21.5. The predicted molar refractivity (Wildman–Crippen MR) is 54.2 cm³/mol. The first-order valence-electron chi connectivity index (χ1n) is 4.79. The molecule has 1 saturated heterocycles. The van der Waals surface area contributed by atoms with E-state index in [4.69, 9.17) is 5.73 Å². The molecule has 3 N–H and O–H groups in total. The Morgan fingerprint density at radius 3 is 3.21 bits per heavy atom. The Kier molecular flexibility index (Phi) is 2.49. The summed E-state index contributed by atoms with van der Waals surface area (Å²) in [6.45, 7) is 2.56. The Labute approximate surface area is 82.0 Å². The van der Waals surface area contributed by atoms with Gasteiger partial charge in [0.15, 0.2) is 0 Å². The van der Waals surface area contributed by atoms with E-state index in [0.717, 1.165) is 25.3 Å². The van der Waals surface area contributed by atoms with Gasteiger partial charge in [-0.15, -0.1) is 0 Å². The van der Waals surface area contributed by atoms with E-state index in [1.165, 1.54) is 12.4 Å². The Bertz CT molecular complexity index is 362. The lowest BCUT2D eigenvalue weighted by Crippen LogP contribution is -2.24. The predicted octanol–water partition coefficient (Wildman–Crippen LogP) is -0.445. The first-order valence-corrected chi connectivity index (χ1v) is 4.79. The van der Waals surface area contributed by atoms with Crippen LogP contribution in [-0.2, 0) is 0 Å². The van der Waals surface area contributed by atoms with Crippen molar-refractivity contribution in [2.24, 2.45) is 11.7 Å². The van der Waals surface area contributed by atoms with Crippen LogP contribution in [0.4, 0.5) is 5.82 Å². The Hall–Kier alpha value is -1.36. The van der Waals surface area contributed by atoms with Crippen molar-refractivity contribution in [2.75, 3.05) is 24.5 Å². The van der Waals surface area contributed by atoms with Crippen molar-refractivity contribution < 1.29 is 0 Å². The lowest BCUT2D eigenvalue weighted by molar-refractivity contribution is 0.602. The molecule has 2 rings (SSSR count). The fourth-order valence-corrected chi connectivity index (χ4v) is 1.76. The van der Waals surface area contributed by atoms with E-state index in [1.807, 2.05) is 0 Å². The van der Waals surface area contributed by atoms with Crippen LogP contribution >= 0.6 is 0 Å². The van der Waals surface area contributed by atoms with E-state index < -0.39 is 0 Å². The van der Waals surface area contributed by atoms with E-state index in [1.54, 1.807) is 0 Å². The van der Waals surface area contributed by atoms with Crippen LogP contribution < -0.4 is 16.2 Å². The molecule has 76 valence electrons. The number of aromatic nitrogens is 2. The van der Waals surface area contributed by atoms with Crippen LogP contribution in [0.1, 0.15) is 6.42 Å². The molecular weight excluding hydrogens is 180 g/mol. The maximum Gasteiger partial charge on any atom is 0.252 e. The number of rotatable bonds is 2. The van der Waals surface area contributed by atoms with Crippen LogP contribution in [0.2, 0.25) is 0 Å². The Morgan fingerprint density at radius 1 is 1.71 bits per heavy atom. The molecule has 1 aliphatic rings. The highest BCUT2D eigenvalue weighted by molar-refractivity contribution is 5.37. The summed E-state index contributed by atoms with van der Waals surface area (Å²) in [4.78, 5) is 19.8. The molecule has 0 amide bonds. The third kappa shape index (κ3) is 1.77. The molecule has 5 heteroatoms. The van der Waals surface area contributed by atoms with Gasteiger partial charge in [-0.2, -0.15) is 0 Å². The lowest BCUT2D eigenvalue weighted by atomic mass is 10.1. The van der Waals surface area contributed by atoms with E-state index in [-0.39, 0.29) is 5.56 Å². The molecule has 1 unspecified atom stereocenters. The molecule has 5 nitrogen and oxygen atoms in total. The van der Waals surface area contributed by atoms with Gasteiger partial charge in [-0.05, 0) is 18.9 Å². The first kappa shape index (κ1) is 9.21. The van der Waals surface area contributed by atoms with Crippen LogP contribution in [0, 0.1) is 5.92 Å². The summed E-state index contributed by atoms with van der Waals surface area (Å²) in [5.41, 5.74) is 5.48. The minimum absolute atomic E-state index is 0.105. The molecule has 1 aromatic rings. The summed E-state index contributed by atoms with van der Waals surface area (Å²) in [6, 6.07) is 1.53. The molecule has 0 saturated carbocycles. The van der Waals surface area contributed by atoms with E-state index in [2.05, 4.69) is 14.9 Å². The van der Waals surface area contributed by atoms with Gasteiger partial charge in [0.05, 0.1) is 6.33 Å². The number of nitrogens with one attached hydrogen (secondary N) is 1. The molecule has 0 aromatic carbocycles. The van der Waals surface area contributed by atoms with Crippen molar-refractivity contribution >= 4 is 5.82 Å². The van der Waals surface area contributed by atoms with E-state index in [0.29, 0.717) is 12.5 Å². The SMILES string of the molecule is NCC1CCN(c2cc(=O)[nH]cn2)C1. The topological polar surface area (TPSA) is 75.0 Å². The summed E-state index contributed by atoms with van der Waals surface area (Å²) in [6.07, 6.45) is 2.53. The van der Waals surface area contributed by atoms with Crippen molar-refractivity contribution in [3.63, 3.8) is 0 Å². The second-order valence-corrected chi connectivity index (χ2v) is 3.61. The number of hydrogen-bond acceptors (Lipinski definition) is 4. The van der Waals surface area contributed by atoms with E-state index in [9.17, 15) is 4.79 Å². The van der Waals surface area contributed by atoms with Crippen molar-refractivity contribution in [3.05, 3.63) is 22.7 Å². The highest BCUT2D eigenvalue weighted by Gasteiger charge is 2.22. The molecule has 14 heavy (non-hydrogen) atoms. The molecule has 0 radical (unpaired) electrons. The second kappa shape index (κ2) is 3.79. The molecule has 2 heterocycles. The number of nitrogens with zero attached hydrogens (tertiary/aromatic N) is 2. The van der Waals surface area contributed by atoms with Gasteiger partial charge in [-0.25, -0.2) is 4.98 Å². The third-order valence-electron chi connectivity index (χ3n) is 2.61. The van der Waals surface area contributed by atoms with Crippen molar-refractivity contribution in [3.8, 4) is 0 Å². The molecule has 0 spiro atoms. The molecule has 1 aromatic heterocycles. The molecule has 1 fully saturated rings. The minimum atomic E-state index is -0.105. The number of H-pyrrole nitrogens is 1.